The Bertz CT molecular complexity index is 585. The van der Waals surface area contributed by atoms with Crippen LogP contribution in [0.2, 0.25) is 0 Å². The highest BCUT2D eigenvalue weighted by molar-refractivity contribution is 7.07. The number of halogens is 3. The Hall–Kier alpha value is -1.87. The molecule has 0 aromatic carbocycles. The van der Waals surface area contributed by atoms with Gasteiger partial charge in [0.15, 0.2) is 0 Å². The lowest BCUT2D eigenvalue weighted by Crippen LogP contribution is -2.22. The van der Waals surface area contributed by atoms with Gasteiger partial charge in [0.25, 0.3) is 0 Å². The Morgan fingerprint density at radius 1 is 1.33 bits per heavy atom. The van der Waals surface area contributed by atoms with Gasteiger partial charge >= 0.3 is 6.18 Å². The standard InChI is InChI=1S/C12H14F3N5S/c1-7(4-8-2-3-21-6-8)17-9-5-10(20-16)19-11(18-9)12(13,14)15/h2-3,5-7H,4,16H2,1H3,(H2,17,18,19,20). The van der Waals surface area contributed by atoms with E-state index in [-0.39, 0.29) is 17.7 Å². The summed E-state index contributed by atoms with van der Waals surface area (Å²) in [5, 5.41) is 6.87. The fourth-order valence-electron chi connectivity index (χ4n) is 1.79. The molecule has 2 rings (SSSR count). The number of nitrogens with zero attached hydrogens (tertiary/aromatic N) is 2. The van der Waals surface area contributed by atoms with Crippen molar-refractivity contribution in [3.63, 3.8) is 0 Å². The van der Waals surface area contributed by atoms with Gasteiger partial charge in [0, 0.05) is 12.1 Å². The molecule has 0 aliphatic rings. The Labute approximate surface area is 123 Å². The molecule has 0 saturated carbocycles. The van der Waals surface area contributed by atoms with Crippen molar-refractivity contribution in [3.8, 4) is 0 Å². The van der Waals surface area contributed by atoms with E-state index < -0.39 is 12.0 Å². The lowest BCUT2D eigenvalue weighted by Gasteiger charge is -2.16. The average molecular weight is 317 g/mol. The molecule has 0 saturated heterocycles. The summed E-state index contributed by atoms with van der Waals surface area (Å²) in [5.41, 5.74) is 3.22. The van der Waals surface area contributed by atoms with Crippen molar-refractivity contribution in [3.05, 3.63) is 34.3 Å². The van der Waals surface area contributed by atoms with Gasteiger partial charge in [-0.1, -0.05) is 0 Å². The minimum Gasteiger partial charge on any atom is -0.367 e. The topological polar surface area (TPSA) is 75.9 Å². The molecule has 1 unspecified atom stereocenters. The maximum absolute atomic E-state index is 12.7. The first-order valence-electron chi connectivity index (χ1n) is 6.09. The van der Waals surface area contributed by atoms with Crippen molar-refractivity contribution in [2.75, 3.05) is 10.7 Å². The summed E-state index contributed by atoms with van der Waals surface area (Å²) < 4.78 is 38.1. The molecule has 4 N–H and O–H groups in total. The molecular weight excluding hydrogens is 303 g/mol. The highest BCUT2D eigenvalue weighted by atomic mass is 32.1. The van der Waals surface area contributed by atoms with E-state index in [1.807, 2.05) is 23.8 Å². The number of nitrogens with one attached hydrogen (secondary N) is 2. The van der Waals surface area contributed by atoms with Crippen LogP contribution in [0, 0.1) is 0 Å². The highest BCUT2D eigenvalue weighted by Crippen LogP contribution is 2.28. The maximum Gasteiger partial charge on any atom is 0.451 e. The predicted octanol–water partition coefficient (Wildman–Crippen LogP) is 2.89. The van der Waals surface area contributed by atoms with Crippen molar-refractivity contribution in [2.45, 2.75) is 25.6 Å². The van der Waals surface area contributed by atoms with Crippen molar-refractivity contribution >= 4 is 23.0 Å². The van der Waals surface area contributed by atoms with Crippen molar-refractivity contribution in [1.29, 1.82) is 0 Å². The van der Waals surface area contributed by atoms with E-state index in [0.29, 0.717) is 6.42 Å². The van der Waals surface area contributed by atoms with Crippen LogP contribution in [0.15, 0.2) is 22.9 Å². The fraction of sp³-hybridized carbons (Fsp3) is 0.333. The van der Waals surface area contributed by atoms with E-state index in [0.717, 1.165) is 5.56 Å². The number of thiophene rings is 1. The van der Waals surface area contributed by atoms with Crippen LogP contribution in [0.1, 0.15) is 18.3 Å². The highest BCUT2D eigenvalue weighted by Gasteiger charge is 2.35. The van der Waals surface area contributed by atoms with Crippen molar-refractivity contribution < 1.29 is 13.2 Å². The zero-order valence-corrected chi connectivity index (χ0v) is 11.9. The molecule has 0 spiro atoms. The number of aromatic nitrogens is 2. The van der Waals surface area contributed by atoms with Gasteiger partial charge in [0.2, 0.25) is 5.82 Å². The SMILES string of the molecule is CC(Cc1ccsc1)Nc1cc(NN)nc(C(F)(F)F)n1. The van der Waals surface area contributed by atoms with E-state index in [4.69, 9.17) is 5.84 Å². The zero-order valence-electron chi connectivity index (χ0n) is 11.1. The summed E-state index contributed by atoms with van der Waals surface area (Å²) in [4.78, 5) is 6.78. The number of anilines is 2. The summed E-state index contributed by atoms with van der Waals surface area (Å²) in [6.07, 6.45) is -3.94. The molecule has 0 radical (unpaired) electrons. The van der Waals surface area contributed by atoms with Crippen LogP contribution in [0.25, 0.3) is 0 Å². The zero-order chi connectivity index (χ0) is 15.5. The van der Waals surface area contributed by atoms with Gasteiger partial charge in [-0.05, 0) is 35.7 Å². The third-order valence-electron chi connectivity index (χ3n) is 2.64. The van der Waals surface area contributed by atoms with E-state index >= 15 is 0 Å². The van der Waals surface area contributed by atoms with Gasteiger partial charge in [-0.25, -0.2) is 15.8 Å². The number of rotatable bonds is 5. The monoisotopic (exact) mass is 317 g/mol. The second kappa shape index (κ2) is 6.27. The van der Waals surface area contributed by atoms with Crippen LogP contribution in [0.3, 0.4) is 0 Å². The first-order valence-corrected chi connectivity index (χ1v) is 7.03. The van der Waals surface area contributed by atoms with Crippen LogP contribution in [-0.4, -0.2) is 16.0 Å². The molecule has 1 atom stereocenters. The van der Waals surface area contributed by atoms with Crippen LogP contribution < -0.4 is 16.6 Å². The van der Waals surface area contributed by atoms with Gasteiger partial charge in [-0.2, -0.15) is 24.5 Å². The number of alkyl halides is 3. The lowest BCUT2D eigenvalue weighted by atomic mass is 10.1. The van der Waals surface area contributed by atoms with Crippen LogP contribution >= 0.6 is 11.3 Å². The first kappa shape index (κ1) is 15.5. The number of hydrazine groups is 1. The molecule has 0 aliphatic heterocycles. The minimum atomic E-state index is -4.63. The van der Waals surface area contributed by atoms with Gasteiger partial charge in [0.1, 0.15) is 11.6 Å². The molecule has 9 heteroatoms. The van der Waals surface area contributed by atoms with Crippen molar-refractivity contribution in [2.24, 2.45) is 5.84 Å². The number of nitrogen functional groups attached to an aromatic ring is 1. The van der Waals surface area contributed by atoms with Gasteiger partial charge in [-0.15, -0.1) is 0 Å². The van der Waals surface area contributed by atoms with E-state index in [2.05, 4.69) is 20.7 Å². The number of hydrogen-bond donors (Lipinski definition) is 3. The quantitative estimate of drug-likeness (QED) is 0.584. The van der Waals surface area contributed by atoms with Gasteiger partial charge < -0.3 is 10.7 Å². The third-order valence-corrected chi connectivity index (χ3v) is 3.38. The van der Waals surface area contributed by atoms with E-state index in [1.54, 1.807) is 11.3 Å². The molecule has 114 valence electrons. The van der Waals surface area contributed by atoms with Crippen LogP contribution in [0.4, 0.5) is 24.8 Å². The predicted molar refractivity (Wildman–Crippen MR) is 76.0 cm³/mol. The molecular formula is C12H14F3N5S. The molecule has 2 aromatic rings. The minimum absolute atomic E-state index is 0.0769. The second-order valence-corrected chi connectivity index (χ2v) is 5.27. The molecule has 21 heavy (non-hydrogen) atoms. The third kappa shape index (κ3) is 4.30. The van der Waals surface area contributed by atoms with Crippen LogP contribution in [-0.2, 0) is 12.6 Å². The molecule has 0 fully saturated rings. The summed E-state index contributed by atoms with van der Waals surface area (Å²) in [6, 6.07) is 3.22. The molecule has 5 nitrogen and oxygen atoms in total. The van der Waals surface area contributed by atoms with Crippen molar-refractivity contribution in [1.82, 2.24) is 9.97 Å². The smallest absolute Gasteiger partial charge is 0.367 e. The average Bonchev–Trinajstić information content (AvgIpc) is 2.89. The normalized spacial score (nSPS) is 13.0. The number of nitrogens with two attached hydrogens (primary N) is 1. The van der Waals surface area contributed by atoms with E-state index in [1.165, 1.54) is 6.07 Å². The molecule has 0 amide bonds. The Morgan fingerprint density at radius 3 is 2.62 bits per heavy atom. The second-order valence-electron chi connectivity index (χ2n) is 4.49. The molecule has 0 bridgehead atoms. The summed E-state index contributed by atoms with van der Waals surface area (Å²) >= 11 is 1.57. The Balaban J connectivity index is 2.15. The Kier molecular flexibility index (Phi) is 4.63. The maximum atomic E-state index is 12.7. The largest absolute Gasteiger partial charge is 0.451 e. The first-order chi connectivity index (χ1) is 9.88. The fourth-order valence-corrected chi connectivity index (χ4v) is 2.47. The summed E-state index contributed by atoms with van der Waals surface area (Å²) in [5.74, 6) is 3.89. The van der Waals surface area contributed by atoms with Crippen LogP contribution in [0.5, 0.6) is 0 Å². The summed E-state index contributed by atoms with van der Waals surface area (Å²) in [6.45, 7) is 1.86. The Morgan fingerprint density at radius 2 is 2.05 bits per heavy atom. The lowest BCUT2D eigenvalue weighted by molar-refractivity contribution is -0.144. The van der Waals surface area contributed by atoms with Gasteiger partial charge in [0.05, 0.1) is 0 Å². The summed E-state index contributed by atoms with van der Waals surface area (Å²) in [7, 11) is 0. The van der Waals surface area contributed by atoms with E-state index in [9.17, 15) is 13.2 Å². The molecule has 2 heterocycles. The molecule has 2 aromatic heterocycles. The molecule has 0 aliphatic carbocycles. The number of hydrogen-bond acceptors (Lipinski definition) is 6. The van der Waals surface area contributed by atoms with Gasteiger partial charge in [-0.3, -0.25) is 0 Å².